The average Bonchev–Trinajstić information content (AvgIpc) is 2.79. The zero-order valence-electron chi connectivity index (χ0n) is 19.7. The van der Waals surface area contributed by atoms with E-state index in [0.717, 1.165) is 11.1 Å². The molecule has 0 atom stereocenters. The molecule has 0 aromatic heterocycles. The first-order valence-electron chi connectivity index (χ1n) is 10.4. The Hall–Kier alpha value is -2.71. The standard InChI is InChI=1S/C23H25ClN2O8S2/c1-14-10-12-19(21(16(14)3)25-33-35(27,28)29)23(24,18-8-6-5-7-9-18)20-13-11-15(2)17(4)22(20)26-34-36(30,31)32/h5-13,25-26H,1-4H3,(H,27,28,29)(H,30,31,32)/p-2. The number of benzene rings is 3. The van der Waals surface area contributed by atoms with Crippen molar-refractivity contribution in [3.63, 3.8) is 0 Å². The van der Waals surface area contributed by atoms with Crippen molar-refractivity contribution in [1.82, 2.24) is 0 Å². The summed E-state index contributed by atoms with van der Waals surface area (Å²) >= 11 is 7.43. The molecule has 2 N–H and O–H groups in total. The molecule has 3 aromatic rings. The highest BCUT2D eigenvalue weighted by molar-refractivity contribution is 7.81. The van der Waals surface area contributed by atoms with Gasteiger partial charge in [-0.3, -0.25) is 0 Å². The summed E-state index contributed by atoms with van der Waals surface area (Å²) in [6.45, 7) is 6.89. The molecule has 0 bridgehead atoms. The third kappa shape index (κ3) is 5.98. The average molecular weight is 555 g/mol. The molecule has 0 radical (unpaired) electrons. The van der Waals surface area contributed by atoms with Gasteiger partial charge in [-0.15, -0.1) is 11.6 Å². The smallest absolute Gasteiger partial charge is 0.238 e. The van der Waals surface area contributed by atoms with Crippen molar-refractivity contribution >= 4 is 43.8 Å². The van der Waals surface area contributed by atoms with Crippen molar-refractivity contribution in [3.05, 3.63) is 93.5 Å². The molecule has 3 rings (SSSR count). The van der Waals surface area contributed by atoms with Crippen LogP contribution in [-0.2, 0) is 34.2 Å². The molecule has 0 saturated carbocycles. The second kappa shape index (κ2) is 10.3. The number of aryl methyl sites for hydroxylation is 2. The number of hydrogen-bond acceptors (Lipinski definition) is 10. The van der Waals surface area contributed by atoms with Crippen molar-refractivity contribution in [2.75, 3.05) is 11.0 Å². The highest BCUT2D eigenvalue weighted by Crippen LogP contribution is 2.50. The highest BCUT2D eigenvalue weighted by atomic mass is 35.5. The summed E-state index contributed by atoms with van der Waals surface area (Å²) in [5, 5.41) is 0. The van der Waals surface area contributed by atoms with Gasteiger partial charge in [0.2, 0.25) is 20.8 Å². The van der Waals surface area contributed by atoms with Gasteiger partial charge in [0, 0.05) is 11.1 Å². The Morgan fingerprint density at radius 3 is 1.44 bits per heavy atom. The molecule has 10 nitrogen and oxygen atoms in total. The van der Waals surface area contributed by atoms with Crippen LogP contribution in [0.3, 0.4) is 0 Å². The Morgan fingerprint density at radius 2 is 1.08 bits per heavy atom. The Kier molecular flexibility index (Phi) is 8.01. The number of alkyl halides is 1. The summed E-state index contributed by atoms with van der Waals surface area (Å²) in [5.41, 5.74) is 8.26. The molecule has 0 spiro atoms. The van der Waals surface area contributed by atoms with Gasteiger partial charge in [-0.2, -0.15) is 8.57 Å². The van der Waals surface area contributed by atoms with Crippen LogP contribution in [0.25, 0.3) is 0 Å². The fraction of sp³-hybridized carbons (Fsp3) is 0.217. The Bertz CT molecular complexity index is 1400. The molecule has 36 heavy (non-hydrogen) atoms. The molecular weight excluding hydrogens is 532 g/mol. The third-order valence-corrected chi connectivity index (χ3v) is 7.08. The van der Waals surface area contributed by atoms with Gasteiger partial charge in [-0.1, -0.05) is 54.6 Å². The zero-order valence-corrected chi connectivity index (χ0v) is 22.0. The second-order valence-electron chi connectivity index (χ2n) is 8.07. The summed E-state index contributed by atoms with van der Waals surface area (Å²) in [6, 6.07) is 15.4. The first-order chi connectivity index (χ1) is 16.6. The van der Waals surface area contributed by atoms with Crippen LogP contribution in [0.5, 0.6) is 0 Å². The van der Waals surface area contributed by atoms with E-state index in [2.05, 4.69) is 19.5 Å². The van der Waals surface area contributed by atoms with Crippen LogP contribution in [0.1, 0.15) is 38.9 Å². The van der Waals surface area contributed by atoms with Crippen molar-refractivity contribution in [3.8, 4) is 0 Å². The predicted octanol–water partition coefficient (Wildman–Crippen LogP) is 4.06. The number of nitrogens with one attached hydrogen (secondary N) is 2. The van der Waals surface area contributed by atoms with Crippen LogP contribution in [0.2, 0.25) is 0 Å². The van der Waals surface area contributed by atoms with E-state index in [4.69, 9.17) is 11.6 Å². The van der Waals surface area contributed by atoms with E-state index >= 15 is 0 Å². The lowest BCUT2D eigenvalue weighted by Crippen LogP contribution is -2.27. The molecule has 0 amide bonds. The Balaban J connectivity index is 2.40. The second-order valence-corrected chi connectivity index (χ2v) is 10.6. The third-order valence-electron chi connectivity index (χ3n) is 5.88. The molecule has 0 unspecified atom stereocenters. The Morgan fingerprint density at radius 1 is 0.694 bits per heavy atom. The number of rotatable bonds is 9. The first-order valence-corrected chi connectivity index (χ1v) is 13.5. The van der Waals surface area contributed by atoms with Crippen LogP contribution in [-0.4, -0.2) is 25.9 Å². The molecule has 3 aromatic carbocycles. The fourth-order valence-electron chi connectivity index (χ4n) is 3.78. The lowest BCUT2D eigenvalue weighted by atomic mass is 9.80. The molecule has 0 fully saturated rings. The minimum atomic E-state index is -5.13. The first kappa shape index (κ1) is 27.9. The molecule has 0 heterocycles. The summed E-state index contributed by atoms with van der Waals surface area (Å²) in [5.74, 6) is 0. The van der Waals surface area contributed by atoms with Crippen LogP contribution >= 0.6 is 11.6 Å². The minimum Gasteiger partial charge on any atom is -0.724 e. The molecule has 0 saturated heterocycles. The van der Waals surface area contributed by atoms with Gasteiger partial charge in [-0.05, 0) is 55.5 Å². The SMILES string of the molecule is Cc1ccc(C(Cl)(c2ccccc2)c2ccc(C)c(C)c2NOS(=O)(=O)[O-])c(NOS(=O)(=O)[O-])c1C. The number of halogens is 1. The highest BCUT2D eigenvalue weighted by Gasteiger charge is 2.39. The largest absolute Gasteiger partial charge is 0.724 e. The molecule has 0 aliphatic rings. The molecule has 0 aliphatic heterocycles. The maximum Gasteiger partial charge on any atom is 0.238 e. The fourth-order valence-corrected chi connectivity index (χ4v) is 4.59. The van der Waals surface area contributed by atoms with Crippen LogP contribution in [0, 0.1) is 27.7 Å². The van der Waals surface area contributed by atoms with Gasteiger partial charge < -0.3 is 9.11 Å². The quantitative estimate of drug-likeness (QED) is 0.130. The van der Waals surface area contributed by atoms with Gasteiger partial charge in [0.1, 0.15) is 4.87 Å². The maximum absolute atomic E-state index is 11.2. The topological polar surface area (TPSA) is 157 Å². The van der Waals surface area contributed by atoms with Gasteiger partial charge in [0.05, 0.1) is 11.4 Å². The Labute approximate surface area is 215 Å². The van der Waals surface area contributed by atoms with Gasteiger partial charge in [0.25, 0.3) is 0 Å². The van der Waals surface area contributed by atoms with E-state index in [1.807, 2.05) is 0 Å². The van der Waals surface area contributed by atoms with Crippen molar-refractivity contribution < 1.29 is 34.5 Å². The maximum atomic E-state index is 11.2. The number of hydrogen-bond donors (Lipinski definition) is 2. The van der Waals surface area contributed by atoms with Crippen LogP contribution in [0.15, 0.2) is 54.6 Å². The van der Waals surface area contributed by atoms with E-state index in [1.165, 1.54) is 0 Å². The summed E-state index contributed by atoms with van der Waals surface area (Å²) in [7, 11) is -10.3. The zero-order chi connectivity index (χ0) is 26.9. The van der Waals surface area contributed by atoms with Crippen LogP contribution < -0.4 is 11.0 Å². The van der Waals surface area contributed by atoms with E-state index in [9.17, 15) is 25.9 Å². The summed E-state index contributed by atoms with van der Waals surface area (Å²) < 4.78 is 76.1. The summed E-state index contributed by atoms with van der Waals surface area (Å²) in [6.07, 6.45) is 0. The van der Waals surface area contributed by atoms with Crippen molar-refractivity contribution in [1.29, 1.82) is 0 Å². The van der Waals surface area contributed by atoms with E-state index in [0.29, 0.717) is 16.7 Å². The number of anilines is 2. The monoisotopic (exact) mass is 554 g/mol. The van der Waals surface area contributed by atoms with E-state index in [1.54, 1.807) is 82.3 Å². The van der Waals surface area contributed by atoms with Crippen LogP contribution in [0.4, 0.5) is 11.4 Å². The predicted molar refractivity (Wildman–Crippen MR) is 133 cm³/mol. The van der Waals surface area contributed by atoms with Gasteiger partial charge >= 0.3 is 0 Å². The lowest BCUT2D eigenvalue weighted by molar-refractivity contribution is 0.308. The molecule has 194 valence electrons. The van der Waals surface area contributed by atoms with Gasteiger partial charge in [0.15, 0.2) is 0 Å². The molecule has 0 aliphatic carbocycles. The van der Waals surface area contributed by atoms with Gasteiger partial charge in [-0.25, -0.2) is 27.8 Å². The summed E-state index contributed by atoms with van der Waals surface area (Å²) in [4.78, 5) is -1.63. The van der Waals surface area contributed by atoms with Crippen molar-refractivity contribution in [2.24, 2.45) is 0 Å². The normalized spacial score (nSPS) is 12.4. The lowest BCUT2D eigenvalue weighted by Gasteiger charge is -2.34. The molecular formula is C23H23ClN2O8S2-2. The molecule has 13 heteroatoms. The van der Waals surface area contributed by atoms with E-state index in [-0.39, 0.29) is 22.5 Å². The van der Waals surface area contributed by atoms with Crippen molar-refractivity contribution in [2.45, 2.75) is 32.6 Å². The minimum absolute atomic E-state index is 0.106. The van der Waals surface area contributed by atoms with E-state index < -0.39 is 25.7 Å².